The molecule has 2 aromatic rings. The van der Waals surface area contributed by atoms with Crippen molar-refractivity contribution in [3.05, 3.63) is 57.8 Å². The predicted molar refractivity (Wildman–Crippen MR) is 69.1 cm³/mol. The summed E-state index contributed by atoms with van der Waals surface area (Å²) in [7, 11) is 0. The molecule has 7 heteroatoms. The number of aryl methyl sites for hydroxylation is 1. The van der Waals surface area contributed by atoms with E-state index < -0.39 is 10.9 Å². The maximum atomic E-state index is 10.9. The van der Waals surface area contributed by atoms with Gasteiger partial charge in [0, 0.05) is 12.1 Å². The van der Waals surface area contributed by atoms with Gasteiger partial charge < -0.3 is 9.84 Å². The number of ether oxygens (including phenoxy) is 1. The Labute approximate surface area is 113 Å². The number of hydrogen-bond donors (Lipinski definition) is 1. The Kier molecular flexibility index (Phi) is 3.60. The average Bonchev–Trinajstić information content (AvgIpc) is 2.39. The summed E-state index contributed by atoms with van der Waals surface area (Å²) in [4.78, 5) is 24.6. The first kappa shape index (κ1) is 13.5. The van der Waals surface area contributed by atoms with E-state index in [0.29, 0.717) is 11.3 Å². The van der Waals surface area contributed by atoms with Crippen molar-refractivity contribution < 1.29 is 19.6 Å². The number of nitrogens with zero attached hydrogens (tertiary/aromatic N) is 2. The molecule has 0 radical (unpaired) electrons. The normalized spacial score (nSPS) is 10.1. The molecule has 0 spiro atoms. The zero-order valence-electron chi connectivity index (χ0n) is 10.4. The molecule has 0 fully saturated rings. The Morgan fingerprint density at radius 3 is 2.60 bits per heavy atom. The van der Waals surface area contributed by atoms with Crippen LogP contribution in [-0.2, 0) is 0 Å². The number of carbonyl (C=O) groups is 1. The highest BCUT2D eigenvalue weighted by Crippen LogP contribution is 2.23. The van der Waals surface area contributed by atoms with Crippen LogP contribution in [0, 0.1) is 17.0 Å². The largest absolute Gasteiger partial charge is 0.478 e. The minimum Gasteiger partial charge on any atom is -0.478 e. The predicted octanol–water partition coefficient (Wildman–Crippen LogP) is 2.79. The molecular weight excluding hydrogens is 264 g/mol. The van der Waals surface area contributed by atoms with Gasteiger partial charge in [-0.2, -0.15) is 0 Å². The number of hydrogen-bond acceptors (Lipinski definition) is 5. The summed E-state index contributed by atoms with van der Waals surface area (Å²) in [5.41, 5.74) is 0.612. The van der Waals surface area contributed by atoms with Gasteiger partial charge in [0.05, 0.1) is 10.5 Å². The van der Waals surface area contributed by atoms with E-state index in [4.69, 9.17) is 9.84 Å². The van der Waals surface area contributed by atoms with Crippen molar-refractivity contribution in [3.8, 4) is 11.6 Å². The Balaban J connectivity index is 2.19. The molecule has 0 aliphatic rings. The van der Waals surface area contributed by atoms with Gasteiger partial charge in [-0.15, -0.1) is 0 Å². The first-order valence-corrected chi connectivity index (χ1v) is 5.59. The van der Waals surface area contributed by atoms with Crippen LogP contribution in [0.5, 0.6) is 11.6 Å². The Hall–Kier alpha value is -2.96. The minimum atomic E-state index is -1.01. The van der Waals surface area contributed by atoms with Crippen molar-refractivity contribution in [1.82, 2.24) is 4.98 Å². The van der Waals surface area contributed by atoms with Gasteiger partial charge in [0.1, 0.15) is 11.9 Å². The molecule has 1 N–H and O–H groups in total. The van der Waals surface area contributed by atoms with Crippen LogP contribution in [0.1, 0.15) is 15.9 Å². The highest BCUT2D eigenvalue weighted by molar-refractivity contribution is 5.89. The molecule has 0 saturated carbocycles. The molecular formula is C13H10N2O5. The van der Waals surface area contributed by atoms with Crippen LogP contribution in [0.2, 0.25) is 0 Å². The molecule has 2 rings (SSSR count). The molecule has 0 amide bonds. The molecule has 102 valence electrons. The number of aromatic nitrogens is 1. The number of pyridine rings is 1. The van der Waals surface area contributed by atoms with Crippen LogP contribution in [0.3, 0.4) is 0 Å². The monoisotopic (exact) mass is 274 g/mol. The van der Waals surface area contributed by atoms with Gasteiger partial charge in [-0.05, 0) is 30.7 Å². The van der Waals surface area contributed by atoms with E-state index in [9.17, 15) is 14.9 Å². The minimum absolute atomic E-state index is 0.130. The quantitative estimate of drug-likeness (QED) is 0.679. The fourth-order valence-electron chi connectivity index (χ4n) is 1.60. The van der Waals surface area contributed by atoms with E-state index in [1.807, 2.05) is 0 Å². The topological polar surface area (TPSA) is 103 Å². The van der Waals surface area contributed by atoms with Crippen LogP contribution in [0.4, 0.5) is 5.69 Å². The van der Waals surface area contributed by atoms with Gasteiger partial charge in [0.2, 0.25) is 5.88 Å². The van der Waals surface area contributed by atoms with E-state index in [1.54, 1.807) is 13.0 Å². The zero-order valence-corrected chi connectivity index (χ0v) is 10.4. The SMILES string of the molecule is Cc1cc(Oc2ccc([N+](=O)[O-])cn2)ccc1C(=O)O. The summed E-state index contributed by atoms with van der Waals surface area (Å²) >= 11 is 0. The number of aromatic carboxylic acids is 1. The number of benzene rings is 1. The molecule has 20 heavy (non-hydrogen) atoms. The van der Waals surface area contributed by atoms with Crippen molar-refractivity contribution in [3.63, 3.8) is 0 Å². The summed E-state index contributed by atoms with van der Waals surface area (Å²) in [5, 5.41) is 19.4. The van der Waals surface area contributed by atoms with Crippen molar-refractivity contribution in [2.75, 3.05) is 0 Å². The van der Waals surface area contributed by atoms with E-state index in [2.05, 4.69) is 4.98 Å². The molecule has 0 bridgehead atoms. The van der Waals surface area contributed by atoms with E-state index in [1.165, 1.54) is 24.3 Å². The zero-order chi connectivity index (χ0) is 14.7. The van der Waals surface area contributed by atoms with Crippen molar-refractivity contribution in [2.24, 2.45) is 0 Å². The highest BCUT2D eigenvalue weighted by Gasteiger charge is 2.09. The van der Waals surface area contributed by atoms with Gasteiger partial charge in [-0.3, -0.25) is 10.1 Å². The second-order valence-electron chi connectivity index (χ2n) is 4.00. The second-order valence-corrected chi connectivity index (χ2v) is 4.00. The number of nitro groups is 1. The summed E-state index contributed by atoms with van der Waals surface area (Å²) in [6.45, 7) is 1.65. The van der Waals surface area contributed by atoms with Crippen LogP contribution in [0.15, 0.2) is 36.5 Å². The van der Waals surface area contributed by atoms with Crippen LogP contribution in [-0.4, -0.2) is 21.0 Å². The standard InChI is InChI=1S/C13H10N2O5/c1-8-6-10(3-4-11(8)13(16)17)20-12-5-2-9(7-14-12)15(18)19/h2-7H,1H3,(H,16,17). The second kappa shape index (κ2) is 5.35. The Bertz CT molecular complexity index is 667. The lowest BCUT2D eigenvalue weighted by Gasteiger charge is -2.06. The molecule has 0 aliphatic heterocycles. The number of carboxylic acids is 1. The lowest BCUT2D eigenvalue weighted by Crippen LogP contribution is -1.99. The fourth-order valence-corrected chi connectivity index (χ4v) is 1.60. The van der Waals surface area contributed by atoms with Crippen molar-refractivity contribution in [2.45, 2.75) is 6.92 Å². The van der Waals surface area contributed by atoms with E-state index in [-0.39, 0.29) is 17.1 Å². The maximum absolute atomic E-state index is 10.9. The maximum Gasteiger partial charge on any atom is 0.335 e. The van der Waals surface area contributed by atoms with Crippen LogP contribution < -0.4 is 4.74 Å². The van der Waals surface area contributed by atoms with E-state index in [0.717, 1.165) is 6.20 Å². The van der Waals surface area contributed by atoms with Crippen LogP contribution >= 0.6 is 0 Å². The third kappa shape index (κ3) is 2.89. The number of carboxylic acid groups (broad SMARTS) is 1. The smallest absolute Gasteiger partial charge is 0.335 e. The van der Waals surface area contributed by atoms with Gasteiger partial charge in [-0.1, -0.05) is 0 Å². The van der Waals surface area contributed by atoms with Crippen molar-refractivity contribution >= 4 is 11.7 Å². The first-order valence-electron chi connectivity index (χ1n) is 5.59. The third-order valence-electron chi connectivity index (χ3n) is 2.58. The Morgan fingerprint density at radius 1 is 1.35 bits per heavy atom. The summed E-state index contributed by atoms with van der Waals surface area (Å²) < 4.78 is 5.40. The fraction of sp³-hybridized carbons (Fsp3) is 0.0769. The molecule has 7 nitrogen and oxygen atoms in total. The molecule has 0 atom stereocenters. The molecule has 1 aromatic heterocycles. The molecule has 1 aromatic carbocycles. The lowest BCUT2D eigenvalue weighted by atomic mass is 10.1. The lowest BCUT2D eigenvalue weighted by molar-refractivity contribution is -0.385. The van der Waals surface area contributed by atoms with E-state index >= 15 is 0 Å². The van der Waals surface area contributed by atoms with Gasteiger partial charge in [0.25, 0.3) is 5.69 Å². The number of rotatable bonds is 4. The third-order valence-corrected chi connectivity index (χ3v) is 2.58. The highest BCUT2D eigenvalue weighted by atomic mass is 16.6. The average molecular weight is 274 g/mol. The molecule has 1 heterocycles. The summed E-state index contributed by atoms with van der Waals surface area (Å²) in [6.07, 6.45) is 1.09. The summed E-state index contributed by atoms with van der Waals surface area (Å²) in [5.74, 6) is -0.408. The molecule has 0 aliphatic carbocycles. The molecule has 0 saturated heterocycles. The Morgan fingerprint density at radius 2 is 2.10 bits per heavy atom. The van der Waals surface area contributed by atoms with Crippen molar-refractivity contribution in [1.29, 1.82) is 0 Å². The summed E-state index contributed by atoms with van der Waals surface area (Å²) in [6, 6.07) is 7.14. The van der Waals surface area contributed by atoms with Gasteiger partial charge >= 0.3 is 5.97 Å². The first-order chi connectivity index (χ1) is 9.47. The van der Waals surface area contributed by atoms with Gasteiger partial charge in [-0.25, -0.2) is 9.78 Å². The van der Waals surface area contributed by atoms with Crippen LogP contribution in [0.25, 0.3) is 0 Å². The molecule has 0 unspecified atom stereocenters. The van der Waals surface area contributed by atoms with Gasteiger partial charge in [0.15, 0.2) is 0 Å².